The van der Waals surface area contributed by atoms with E-state index in [2.05, 4.69) is 25.1 Å². The number of fused-ring (bicyclic) bond motifs is 1. The first-order valence-electron chi connectivity index (χ1n) is 6.43. The fourth-order valence-corrected chi connectivity index (χ4v) is 2.79. The Hall–Kier alpha value is -1.51. The number of benzene rings is 2. The second-order valence-corrected chi connectivity index (χ2v) is 5.43. The van der Waals surface area contributed by atoms with Crippen molar-refractivity contribution in [3.05, 3.63) is 52.5 Å². The summed E-state index contributed by atoms with van der Waals surface area (Å²) in [7, 11) is 0. The van der Waals surface area contributed by atoms with Crippen molar-refractivity contribution < 1.29 is 4.74 Å². The summed E-state index contributed by atoms with van der Waals surface area (Å²) in [6.07, 6.45) is 0.905. The summed E-state index contributed by atoms with van der Waals surface area (Å²) in [6.45, 7) is 2.61. The molecular formula is C16H16ClNO. The average Bonchev–Trinajstić information content (AvgIpc) is 2.80. The van der Waals surface area contributed by atoms with Crippen LogP contribution in [0.2, 0.25) is 5.02 Å². The molecule has 0 spiro atoms. The standard InChI is InChI=1S/C16H16ClNO/c1-10-3-2-4-11(5-10)15-8-13(17)6-12-7-14(9-18)19-16(12)15/h2-6,8,14H,7,9,18H2,1H3/t14-/m0/s1. The minimum absolute atomic E-state index is 0.0667. The van der Waals surface area contributed by atoms with Gasteiger partial charge in [-0.1, -0.05) is 41.4 Å². The van der Waals surface area contributed by atoms with Gasteiger partial charge < -0.3 is 10.5 Å². The summed E-state index contributed by atoms with van der Waals surface area (Å²) in [5, 5.41) is 0.747. The number of hydrogen-bond donors (Lipinski definition) is 1. The molecule has 2 nitrogen and oxygen atoms in total. The molecule has 98 valence electrons. The van der Waals surface area contributed by atoms with Gasteiger partial charge in [-0.3, -0.25) is 0 Å². The minimum atomic E-state index is 0.0667. The zero-order valence-electron chi connectivity index (χ0n) is 10.8. The second kappa shape index (κ2) is 4.87. The molecule has 0 saturated heterocycles. The van der Waals surface area contributed by atoms with E-state index in [0.717, 1.165) is 33.9 Å². The maximum absolute atomic E-state index is 6.22. The largest absolute Gasteiger partial charge is 0.488 e. The van der Waals surface area contributed by atoms with Gasteiger partial charge >= 0.3 is 0 Å². The SMILES string of the molecule is Cc1cccc(-c2cc(Cl)cc3c2O[C@H](CN)C3)c1. The van der Waals surface area contributed by atoms with Crippen molar-refractivity contribution in [2.24, 2.45) is 5.73 Å². The Bertz CT molecular complexity index is 624. The molecule has 2 aromatic rings. The number of hydrogen-bond acceptors (Lipinski definition) is 2. The minimum Gasteiger partial charge on any atom is -0.488 e. The van der Waals surface area contributed by atoms with Crippen LogP contribution < -0.4 is 10.5 Å². The van der Waals surface area contributed by atoms with Crippen molar-refractivity contribution in [2.45, 2.75) is 19.4 Å². The van der Waals surface area contributed by atoms with Gasteiger partial charge in [0.15, 0.2) is 0 Å². The number of nitrogens with two attached hydrogens (primary N) is 1. The highest BCUT2D eigenvalue weighted by Crippen LogP contribution is 2.41. The van der Waals surface area contributed by atoms with Gasteiger partial charge in [0.2, 0.25) is 0 Å². The zero-order valence-corrected chi connectivity index (χ0v) is 11.6. The smallest absolute Gasteiger partial charge is 0.131 e. The van der Waals surface area contributed by atoms with Crippen LogP contribution in [0.1, 0.15) is 11.1 Å². The molecule has 0 bridgehead atoms. The fraction of sp³-hybridized carbons (Fsp3) is 0.250. The summed E-state index contributed by atoms with van der Waals surface area (Å²) in [4.78, 5) is 0. The van der Waals surface area contributed by atoms with E-state index in [0.29, 0.717) is 6.54 Å². The van der Waals surface area contributed by atoms with Gasteiger partial charge in [-0.2, -0.15) is 0 Å². The lowest BCUT2D eigenvalue weighted by Crippen LogP contribution is -2.24. The van der Waals surface area contributed by atoms with Crippen molar-refractivity contribution in [3.63, 3.8) is 0 Å². The Kier molecular flexibility index (Phi) is 3.21. The van der Waals surface area contributed by atoms with Gasteiger partial charge in [-0.15, -0.1) is 0 Å². The summed E-state index contributed by atoms with van der Waals surface area (Å²) >= 11 is 6.22. The highest BCUT2D eigenvalue weighted by atomic mass is 35.5. The van der Waals surface area contributed by atoms with Crippen molar-refractivity contribution in [3.8, 4) is 16.9 Å². The van der Waals surface area contributed by atoms with E-state index in [1.54, 1.807) is 0 Å². The Labute approximate surface area is 118 Å². The van der Waals surface area contributed by atoms with Crippen LogP contribution in [0.15, 0.2) is 36.4 Å². The maximum atomic E-state index is 6.22. The third-order valence-electron chi connectivity index (χ3n) is 3.45. The van der Waals surface area contributed by atoms with Crippen LogP contribution in [0.5, 0.6) is 5.75 Å². The van der Waals surface area contributed by atoms with E-state index in [1.807, 2.05) is 18.2 Å². The molecule has 2 N–H and O–H groups in total. The molecule has 1 atom stereocenters. The molecule has 3 heteroatoms. The molecule has 1 heterocycles. The summed E-state index contributed by atoms with van der Waals surface area (Å²) in [5.74, 6) is 0.936. The third-order valence-corrected chi connectivity index (χ3v) is 3.67. The Morgan fingerprint density at radius 1 is 1.32 bits per heavy atom. The van der Waals surface area contributed by atoms with E-state index in [1.165, 1.54) is 5.56 Å². The molecule has 0 amide bonds. The summed E-state index contributed by atoms with van der Waals surface area (Å²) in [5.41, 5.74) is 10.3. The number of halogens is 1. The molecule has 1 aliphatic rings. The molecule has 19 heavy (non-hydrogen) atoms. The van der Waals surface area contributed by atoms with Crippen LogP contribution in [-0.2, 0) is 6.42 Å². The van der Waals surface area contributed by atoms with E-state index in [-0.39, 0.29) is 6.10 Å². The predicted octanol–water partition coefficient (Wildman–Crippen LogP) is 3.58. The van der Waals surface area contributed by atoms with E-state index >= 15 is 0 Å². The first kappa shape index (κ1) is 12.5. The normalized spacial score (nSPS) is 17.1. The molecule has 1 aliphatic heterocycles. The predicted molar refractivity (Wildman–Crippen MR) is 78.8 cm³/mol. The van der Waals surface area contributed by atoms with Crippen LogP contribution in [0.3, 0.4) is 0 Å². The Morgan fingerprint density at radius 2 is 2.16 bits per heavy atom. The first-order valence-corrected chi connectivity index (χ1v) is 6.81. The molecule has 2 aromatic carbocycles. The van der Waals surface area contributed by atoms with E-state index in [4.69, 9.17) is 22.1 Å². The van der Waals surface area contributed by atoms with E-state index in [9.17, 15) is 0 Å². The second-order valence-electron chi connectivity index (χ2n) is 4.99. The Morgan fingerprint density at radius 3 is 2.89 bits per heavy atom. The molecule has 0 fully saturated rings. The highest BCUT2D eigenvalue weighted by molar-refractivity contribution is 6.31. The fourth-order valence-electron chi connectivity index (χ4n) is 2.55. The van der Waals surface area contributed by atoms with Gasteiger partial charge in [0.05, 0.1) is 0 Å². The van der Waals surface area contributed by atoms with Crippen LogP contribution >= 0.6 is 11.6 Å². The molecule has 0 unspecified atom stereocenters. The van der Waals surface area contributed by atoms with Gasteiger partial charge in [-0.05, 0) is 30.2 Å². The zero-order chi connectivity index (χ0) is 13.4. The Balaban J connectivity index is 2.13. The first-order chi connectivity index (χ1) is 9.17. The molecular weight excluding hydrogens is 258 g/mol. The van der Waals surface area contributed by atoms with Crippen molar-refractivity contribution >= 4 is 11.6 Å². The molecule has 0 saturated carbocycles. The van der Waals surface area contributed by atoms with Gasteiger partial charge in [0, 0.05) is 23.6 Å². The van der Waals surface area contributed by atoms with Crippen molar-refractivity contribution in [2.75, 3.05) is 6.54 Å². The number of ether oxygens (including phenoxy) is 1. The van der Waals surface area contributed by atoms with E-state index < -0.39 is 0 Å². The summed E-state index contributed by atoms with van der Waals surface area (Å²) < 4.78 is 5.95. The molecule has 3 rings (SSSR count). The van der Waals surface area contributed by atoms with Gasteiger partial charge in [0.1, 0.15) is 11.9 Å². The molecule has 0 radical (unpaired) electrons. The lowest BCUT2D eigenvalue weighted by atomic mass is 9.99. The van der Waals surface area contributed by atoms with Gasteiger partial charge in [0.25, 0.3) is 0 Å². The van der Waals surface area contributed by atoms with Crippen molar-refractivity contribution in [1.82, 2.24) is 0 Å². The van der Waals surface area contributed by atoms with Crippen molar-refractivity contribution in [1.29, 1.82) is 0 Å². The van der Waals surface area contributed by atoms with Crippen LogP contribution in [0, 0.1) is 6.92 Å². The van der Waals surface area contributed by atoms with Crippen LogP contribution in [-0.4, -0.2) is 12.6 Å². The lowest BCUT2D eigenvalue weighted by molar-refractivity contribution is 0.242. The van der Waals surface area contributed by atoms with Crippen LogP contribution in [0.4, 0.5) is 0 Å². The summed E-state index contributed by atoms with van der Waals surface area (Å²) in [6, 6.07) is 12.3. The maximum Gasteiger partial charge on any atom is 0.131 e. The topological polar surface area (TPSA) is 35.2 Å². The number of rotatable bonds is 2. The third kappa shape index (κ3) is 2.34. The van der Waals surface area contributed by atoms with Gasteiger partial charge in [-0.25, -0.2) is 0 Å². The monoisotopic (exact) mass is 273 g/mol. The quantitative estimate of drug-likeness (QED) is 0.908. The number of aryl methyl sites for hydroxylation is 1. The van der Waals surface area contributed by atoms with Crippen LogP contribution in [0.25, 0.3) is 11.1 Å². The molecule has 0 aromatic heterocycles. The lowest BCUT2D eigenvalue weighted by Gasteiger charge is -2.12. The highest BCUT2D eigenvalue weighted by Gasteiger charge is 2.25. The molecule has 0 aliphatic carbocycles. The average molecular weight is 274 g/mol.